The number of rotatable bonds is 11. The first-order valence-electron chi connectivity index (χ1n) is 10.5. The number of pyridine rings is 1. The number of carbonyl (C=O) groups is 1. The van der Waals surface area contributed by atoms with Gasteiger partial charge in [-0.05, 0) is 50.7 Å². The molecule has 0 atom stereocenters. The van der Waals surface area contributed by atoms with Crippen LogP contribution >= 0.6 is 0 Å². The van der Waals surface area contributed by atoms with Gasteiger partial charge in [-0.1, -0.05) is 12.8 Å². The van der Waals surface area contributed by atoms with Gasteiger partial charge in [-0.3, -0.25) is 14.8 Å². The molecule has 0 spiro atoms. The molecule has 3 N–H and O–H groups in total. The fourth-order valence-corrected chi connectivity index (χ4v) is 3.59. The molecule has 1 aliphatic rings. The molecule has 0 aliphatic heterocycles. The maximum Gasteiger partial charge on any atom is 0.252 e. The Morgan fingerprint density at radius 2 is 2.00 bits per heavy atom. The fourth-order valence-electron chi connectivity index (χ4n) is 3.59. The summed E-state index contributed by atoms with van der Waals surface area (Å²) in [6.45, 7) is 8.45. The topological polar surface area (TPSA) is 87.6 Å². The lowest BCUT2D eigenvalue weighted by Crippen LogP contribution is -2.42. The number of hydrogen-bond acceptors (Lipinski definition) is 4. The van der Waals surface area contributed by atoms with E-state index in [0.29, 0.717) is 18.7 Å². The van der Waals surface area contributed by atoms with E-state index < -0.39 is 0 Å². The van der Waals surface area contributed by atoms with Gasteiger partial charge in [0.2, 0.25) is 0 Å². The summed E-state index contributed by atoms with van der Waals surface area (Å²) in [4.78, 5) is 20.9. The van der Waals surface area contributed by atoms with Gasteiger partial charge in [0.1, 0.15) is 0 Å². The number of aromatic nitrogens is 1. The highest BCUT2D eigenvalue weighted by atomic mass is 16.5. The van der Waals surface area contributed by atoms with Crippen molar-refractivity contribution in [2.24, 2.45) is 10.4 Å². The smallest absolute Gasteiger partial charge is 0.252 e. The molecule has 7 nitrogen and oxygen atoms in total. The molecule has 1 aromatic rings. The maximum absolute atomic E-state index is 12.0. The van der Waals surface area contributed by atoms with Gasteiger partial charge in [-0.2, -0.15) is 0 Å². The minimum atomic E-state index is -0.113. The number of carbonyl (C=O) groups excluding carboxylic acids is 1. The summed E-state index contributed by atoms with van der Waals surface area (Å²) in [5, 5.41) is 9.50. The van der Waals surface area contributed by atoms with Crippen molar-refractivity contribution >= 4 is 11.9 Å². The van der Waals surface area contributed by atoms with Gasteiger partial charge in [-0.15, -0.1) is 0 Å². The van der Waals surface area contributed by atoms with Crippen molar-refractivity contribution in [1.29, 1.82) is 0 Å². The Morgan fingerprint density at radius 1 is 1.21 bits per heavy atom. The zero-order valence-electron chi connectivity index (χ0n) is 17.3. The van der Waals surface area contributed by atoms with E-state index in [9.17, 15) is 4.79 Å². The van der Waals surface area contributed by atoms with E-state index in [1.165, 1.54) is 25.7 Å². The second-order valence-corrected chi connectivity index (χ2v) is 7.27. The summed E-state index contributed by atoms with van der Waals surface area (Å²) < 4.78 is 5.59. The van der Waals surface area contributed by atoms with Crippen LogP contribution in [-0.2, 0) is 4.74 Å². The lowest BCUT2D eigenvalue weighted by atomic mass is 9.83. The molecule has 1 heterocycles. The molecular weight excluding hydrogens is 354 g/mol. The van der Waals surface area contributed by atoms with Gasteiger partial charge in [0.05, 0.1) is 5.56 Å². The van der Waals surface area contributed by atoms with Crippen LogP contribution in [0.3, 0.4) is 0 Å². The van der Waals surface area contributed by atoms with E-state index in [2.05, 4.69) is 27.9 Å². The monoisotopic (exact) mass is 389 g/mol. The SMILES string of the molecule is CCNC(=NCC1(CCOCC)CCCC1)NCCNC(=O)c1cccnc1. The minimum Gasteiger partial charge on any atom is -0.382 e. The molecule has 1 aromatic heterocycles. The van der Waals surface area contributed by atoms with E-state index in [4.69, 9.17) is 9.73 Å². The second kappa shape index (κ2) is 12.3. The third kappa shape index (κ3) is 7.46. The third-order valence-electron chi connectivity index (χ3n) is 5.19. The first kappa shape index (κ1) is 22.1. The molecule has 0 aromatic carbocycles. The molecule has 0 unspecified atom stereocenters. The van der Waals surface area contributed by atoms with Crippen molar-refractivity contribution in [3.05, 3.63) is 30.1 Å². The third-order valence-corrected chi connectivity index (χ3v) is 5.19. The fraction of sp³-hybridized carbons (Fsp3) is 0.667. The summed E-state index contributed by atoms with van der Waals surface area (Å²) in [6, 6.07) is 3.51. The molecule has 2 rings (SSSR count). The van der Waals surface area contributed by atoms with E-state index in [-0.39, 0.29) is 11.3 Å². The molecule has 1 aliphatic carbocycles. The van der Waals surface area contributed by atoms with Crippen LogP contribution < -0.4 is 16.0 Å². The highest BCUT2D eigenvalue weighted by Crippen LogP contribution is 2.41. The summed E-state index contributed by atoms with van der Waals surface area (Å²) in [5.74, 6) is 0.693. The van der Waals surface area contributed by atoms with E-state index in [1.807, 2.05) is 6.92 Å². The lowest BCUT2D eigenvalue weighted by Gasteiger charge is -2.27. The van der Waals surface area contributed by atoms with Crippen LogP contribution in [0.2, 0.25) is 0 Å². The molecule has 28 heavy (non-hydrogen) atoms. The zero-order chi connectivity index (χ0) is 20.1. The van der Waals surface area contributed by atoms with Crippen LogP contribution in [0.5, 0.6) is 0 Å². The van der Waals surface area contributed by atoms with Crippen molar-refractivity contribution in [1.82, 2.24) is 20.9 Å². The Balaban J connectivity index is 1.79. The van der Waals surface area contributed by atoms with Crippen molar-refractivity contribution in [2.75, 3.05) is 39.4 Å². The Kier molecular flexibility index (Phi) is 9.76. The van der Waals surface area contributed by atoms with Crippen molar-refractivity contribution in [3.8, 4) is 0 Å². The highest BCUT2D eigenvalue weighted by Gasteiger charge is 2.33. The standard InChI is InChI=1S/C21H35N5O2/c1-3-23-20(25-14-13-24-19(27)18-8-7-12-22-16-18)26-17-21(9-5-6-10-21)11-15-28-4-2/h7-8,12,16H,3-6,9-11,13-15,17H2,1-2H3,(H,24,27)(H2,23,25,26). The number of guanidine groups is 1. The molecule has 1 amide bonds. The molecule has 1 fully saturated rings. The van der Waals surface area contributed by atoms with Gasteiger partial charge in [0.25, 0.3) is 5.91 Å². The Labute approximate surface area is 168 Å². The Morgan fingerprint density at radius 3 is 2.68 bits per heavy atom. The van der Waals surface area contributed by atoms with Gasteiger partial charge >= 0.3 is 0 Å². The number of amides is 1. The molecule has 0 radical (unpaired) electrons. The van der Waals surface area contributed by atoms with Gasteiger partial charge in [-0.25, -0.2) is 0 Å². The normalized spacial score (nSPS) is 16.0. The molecule has 1 saturated carbocycles. The van der Waals surface area contributed by atoms with Crippen LogP contribution in [0.4, 0.5) is 0 Å². The maximum atomic E-state index is 12.0. The van der Waals surface area contributed by atoms with E-state index in [0.717, 1.165) is 38.7 Å². The molecule has 0 saturated heterocycles. The molecule has 156 valence electrons. The predicted octanol–water partition coefficient (Wildman–Crippen LogP) is 2.35. The van der Waals surface area contributed by atoms with Gasteiger partial charge < -0.3 is 20.7 Å². The van der Waals surface area contributed by atoms with Crippen LogP contribution in [0.25, 0.3) is 0 Å². The van der Waals surface area contributed by atoms with Gasteiger partial charge in [0.15, 0.2) is 5.96 Å². The average Bonchev–Trinajstić information content (AvgIpc) is 3.19. The quantitative estimate of drug-likeness (QED) is 0.307. The first-order valence-corrected chi connectivity index (χ1v) is 10.5. The number of aliphatic imine (C=N–C) groups is 1. The van der Waals surface area contributed by atoms with E-state index in [1.54, 1.807) is 24.5 Å². The van der Waals surface area contributed by atoms with Crippen LogP contribution in [0, 0.1) is 5.41 Å². The summed E-state index contributed by atoms with van der Waals surface area (Å²) >= 11 is 0. The Hall–Kier alpha value is -2.15. The number of hydrogen-bond donors (Lipinski definition) is 3. The van der Waals surface area contributed by atoms with E-state index >= 15 is 0 Å². The van der Waals surface area contributed by atoms with Crippen molar-refractivity contribution in [2.45, 2.75) is 46.0 Å². The minimum absolute atomic E-state index is 0.113. The van der Waals surface area contributed by atoms with Crippen molar-refractivity contribution in [3.63, 3.8) is 0 Å². The second-order valence-electron chi connectivity index (χ2n) is 7.27. The van der Waals surface area contributed by atoms with Crippen LogP contribution in [-0.4, -0.2) is 56.2 Å². The number of nitrogens with zero attached hydrogens (tertiary/aromatic N) is 2. The Bertz CT molecular complexity index is 600. The van der Waals surface area contributed by atoms with Crippen molar-refractivity contribution < 1.29 is 9.53 Å². The highest BCUT2D eigenvalue weighted by molar-refractivity contribution is 5.93. The summed E-state index contributed by atoms with van der Waals surface area (Å²) in [6.07, 6.45) is 9.32. The number of nitrogens with one attached hydrogen (secondary N) is 3. The number of ether oxygens (including phenoxy) is 1. The largest absolute Gasteiger partial charge is 0.382 e. The predicted molar refractivity (Wildman–Crippen MR) is 113 cm³/mol. The lowest BCUT2D eigenvalue weighted by molar-refractivity contribution is 0.0954. The van der Waals surface area contributed by atoms with Crippen LogP contribution in [0.15, 0.2) is 29.5 Å². The zero-order valence-corrected chi connectivity index (χ0v) is 17.3. The molecule has 0 bridgehead atoms. The summed E-state index contributed by atoms with van der Waals surface area (Å²) in [5.41, 5.74) is 0.840. The molecular formula is C21H35N5O2. The average molecular weight is 390 g/mol. The van der Waals surface area contributed by atoms with Crippen LogP contribution in [0.1, 0.15) is 56.3 Å². The molecule has 7 heteroatoms. The first-order chi connectivity index (χ1) is 13.7. The van der Waals surface area contributed by atoms with Gasteiger partial charge in [0, 0.05) is 51.8 Å². The summed E-state index contributed by atoms with van der Waals surface area (Å²) in [7, 11) is 0.